The highest BCUT2D eigenvalue weighted by molar-refractivity contribution is 6.04. The molecule has 0 radical (unpaired) electrons. The molecule has 34 heavy (non-hydrogen) atoms. The summed E-state index contributed by atoms with van der Waals surface area (Å²) in [5, 5.41) is 10.2. The van der Waals surface area contributed by atoms with Crippen molar-refractivity contribution in [2.75, 3.05) is 18.9 Å². The van der Waals surface area contributed by atoms with E-state index in [1.54, 1.807) is 30.5 Å². The molecule has 0 unspecified atom stereocenters. The molecule has 0 aliphatic rings. The molecule has 172 valence electrons. The largest absolute Gasteiger partial charge is 0.348 e. The SMILES string of the molecule is CN(CC(=O)Nc1ccccc1C(=O)NCc1ccccc1)Cc1cnn(-c2ccccc2)c1. The van der Waals surface area contributed by atoms with E-state index in [4.69, 9.17) is 0 Å². The highest BCUT2D eigenvalue weighted by atomic mass is 16.2. The Hall–Kier alpha value is -4.23. The zero-order valence-electron chi connectivity index (χ0n) is 19.0. The van der Waals surface area contributed by atoms with Crippen LogP contribution in [0.3, 0.4) is 0 Å². The fraction of sp³-hybridized carbons (Fsp3) is 0.148. The maximum Gasteiger partial charge on any atom is 0.253 e. The van der Waals surface area contributed by atoms with Gasteiger partial charge >= 0.3 is 0 Å². The summed E-state index contributed by atoms with van der Waals surface area (Å²) in [6.07, 6.45) is 3.75. The van der Waals surface area contributed by atoms with Gasteiger partial charge < -0.3 is 10.6 Å². The van der Waals surface area contributed by atoms with Crippen LogP contribution >= 0.6 is 0 Å². The molecule has 7 nitrogen and oxygen atoms in total. The van der Waals surface area contributed by atoms with E-state index in [2.05, 4.69) is 15.7 Å². The number of likely N-dealkylation sites (N-methyl/N-ethyl adjacent to an activating group) is 1. The van der Waals surface area contributed by atoms with Gasteiger partial charge in [0.15, 0.2) is 0 Å². The van der Waals surface area contributed by atoms with E-state index in [1.165, 1.54) is 0 Å². The second-order valence-electron chi connectivity index (χ2n) is 8.06. The van der Waals surface area contributed by atoms with E-state index in [0.29, 0.717) is 24.3 Å². The summed E-state index contributed by atoms with van der Waals surface area (Å²) in [5.41, 5.74) is 3.91. The molecule has 0 saturated heterocycles. The maximum absolute atomic E-state index is 12.7. The predicted molar refractivity (Wildman–Crippen MR) is 133 cm³/mol. The third-order valence-electron chi connectivity index (χ3n) is 5.26. The average Bonchev–Trinajstić information content (AvgIpc) is 3.32. The van der Waals surface area contributed by atoms with Crippen LogP contribution in [0.4, 0.5) is 5.69 Å². The van der Waals surface area contributed by atoms with Crippen molar-refractivity contribution in [3.05, 3.63) is 114 Å². The van der Waals surface area contributed by atoms with Crippen molar-refractivity contribution in [3.63, 3.8) is 0 Å². The number of rotatable bonds is 9. The van der Waals surface area contributed by atoms with Gasteiger partial charge in [0.05, 0.1) is 29.7 Å². The fourth-order valence-corrected chi connectivity index (χ4v) is 3.63. The van der Waals surface area contributed by atoms with E-state index < -0.39 is 0 Å². The number of nitrogens with zero attached hydrogens (tertiary/aromatic N) is 3. The van der Waals surface area contributed by atoms with E-state index in [0.717, 1.165) is 16.8 Å². The van der Waals surface area contributed by atoms with Crippen LogP contribution in [-0.2, 0) is 17.9 Å². The van der Waals surface area contributed by atoms with Crippen LogP contribution < -0.4 is 10.6 Å². The molecule has 0 spiro atoms. The quantitative estimate of drug-likeness (QED) is 0.403. The highest BCUT2D eigenvalue weighted by Gasteiger charge is 2.14. The summed E-state index contributed by atoms with van der Waals surface area (Å²) in [5.74, 6) is -0.428. The Balaban J connectivity index is 1.32. The van der Waals surface area contributed by atoms with Gasteiger partial charge in [0.2, 0.25) is 5.91 Å². The van der Waals surface area contributed by atoms with Gasteiger partial charge in [-0.25, -0.2) is 4.68 Å². The summed E-state index contributed by atoms with van der Waals surface area (Å²) in [4.78, 5) is 27.3. The highest BCUT2D eigenvalue weighted by Crippen LogP contribution is 2.16. The van der Waals surface area contributed by atoms with Crippen molar-refractivity contribution in [3.8, 4) is 5.69 Å². The first kappa shape index (κ1) is 22.9. The number of amides is 2. The number of benzene rings is 3. The second kappa shape index (κ2) is 11.1. The number of hydrogen-bond acceptors (Lipinski definition) is 4. The molecule has 1 aromatic heterocycles. The number of para-hydroxylation sites is 2. The van der Waals surface area contributed by atoms with E-state index in [9.17, 15) is 9.59 Å². The maximum atomic E-state index is 12.7. The summed E-state index contributed by atoms with van der Waals surface area (Å²) in [6, 6.07) is 26.6. The summed E-state index contributed by atoms with van der Waals surface area (Å²) >= 11 is 0. The third-order valence-corrected chi connectivity index (χ3v) is 5.26. The molecule has 2 N–H and O–H groups in total. The number of carbonyl (C=O) groups is 2. The van der Waals surface area contributed by atoms with Gasteiger partial charge in [-0.05, 0) is 36.9 Å². The molecule has 0 atom stereocenters. The van der Waals surface area contributed by atoms with Crippen molar-refractivity contribution in [2.45, 2.75) is 13.1 Å². The molecule has 0 bridgehead atoms. The lowest BCUT2D eigenvalue weighted by Crippen LogP contribution is -2.31. The smallest absolute Gasteiger partial charge is 0.253 e. The Morgan fingerprint density at radius 1 is 0.882 bits per heavy atom. The lowest BCUT2D eigenvalue weighted by molar-refractivity contribution is -0.117. The van der Waals surface area contributed by atoms with Gasteiger partial charge in [-0.15, -0.1) is 0 Å². The van der Waals surface area contributed by atoms with Gasteiger partial charge in [0.25, 0.3) is 5.91 Å². The van der Waals surface area contributed by atoms with Crippen LogP contribution in [0, 0.1) is 0 Å². The van der Waals surface area contributed by atoms with E-state index in [1.807, 2.05) is 83.5 Å². The molecule has 7 heteroatoms. The topological polar surface area (TPSA) is 79.3 Å². The molecular weight excluding hydrogens is 426 g/mol. The Bertz CT molecular complexity index is 1240. The van der Waals surface area contributed by atoms with Crippen LogP contribution in [0.1, 0.15) is 21.5 Å². The molecule has 2 amide bonds. The second-order valence-corrected chi connectivity index (χ2v) is 8.06. The van der Waals surface area contributed by atoms with Gasteiger partial charge in [0.1, 0.15) is 0 Å². The molecule has 0 fully saturated rings. The Morgan fingerprint density at radius 2 is 1.56 bits per heavy atom. The Labute approximate surface area is 199 Å². The van der Waals surface area contributed by atoms with Crippen molar-refractivity contribution in [2.24, 2.45) is 0 Å². The van der Waals surface area contributed by atoms with Gasteiger partial charge in [-0.2, -0.15) is 5.10 Å². The predicted octanol–water partition coefficient (Wildman–Crippen LogP) is 3.87. The number of nitrogens with one attached hydrogen (secondary N) is 2. The van der Waals surface area contributed by atoms with Crippen LogP contribution in [0.5, 0.6) is 0 Å². The number of carbonyl (C=O) groups excluding carboxylic acids is 2. The normalized spacial score (nSPS) is 10.8. The number of aromatic nitrogens is 2. The van der Waals surface area contributed by atoms with Crippen LogP contribution in [-0.4, -0.2) is 40.1 Å². The minimum absolute atomic E-state index is 0.177. The zero-order valence-corrected chi connectivity index (χ0v) is 19.0. The van der Waals surface area contributed by atoms with Crippen LogP contribution in [0.25, 0.3) is 5.69 Å². The molecule has 0 aliphatic carbocycles. The molecule has 1 heterocycles. The van der Waals surface area contributed by atoms with E-state index >= 15 is 0 Å². The summed E-state index contributed by atoms with van der Waals surface area (Å²) in [7, 11) is 1.87. The third kappa shape index (κ3) is 6.17. The summed E-state index contributed by atoms with van der Waals surface area (Å²) in [6.45, 7) is 1.16. The van der Waals surface area contributed by atoms with Gasteiger partial charge in [-0.1, -0.05) is 60.7 Å². The fourth-order valence-electron chi connectivity index (χ4n) is 3.63. The number of anilines is 1. The molecule has 4 rings (SSSR count). The van der Waals surface area contributed by atoms with Crippen molar-refractivity contribution in [1.82, 2.24) is 20.0 Å². The molecular formula is C27H27N5O2. The molecule has 4 aromatic rings. The van der Waals surface area contributed by atoms with E-state index in [-0.39, 0.29) is 18.4 Å². The first-order chi connectivity index (χ1) is 16.6. The van der Waals surface area contributed by atoms with Crippen LogP contribution in [0.15, 0.2) is 97.3 Å². The Morgan fingerprint density at radius 3 is 2.32 bits per heavy atom. The minimum atomic E-state index is -0.235. The Kier molecular flexibility index (Phi) is 7.47. The van der Waals surface area contributed by atoms with Crippen LogP contribution in [0.2, 0.25) is 0 Å². The average molecular weight is 454 g/mol. The minimum Gasteiger partial charge on any atom is -0.348 e. The van der Waals surface area contributed by atoms with Crippen molar-refractivity contribution in [1.29, 1.82) is 0 Å². The first-order valence-corrected chi connectivity index (χ1v) is 11.1. The van der Waals surface area contributed by atoms with Gasteiger partial charge in [0, 0.05) is 24.8 Å². The zero-order chi connectivity index (χ0) is 23.8. The summed E-state index contributed by atoms with van der Waals surface area (Å²) < 4.78 is 1.81. The molecule has 0 aliphatic heterocycles. The lowest BCUT2D eigenvalue weighted by atomic mass is 10.1. The first-order valence-electron chi connectivity index (χ1n) is 11.1. The standard InChI is InChI=1S/C27H27N5O2/c1-31(18-22-17-29-32(19-22)23-12-6-3-7-13-23)20-26(33)30-25-15-9-8-14-24(25)27(34)28-16-21-10-4-2-5-11-21/h2-15,17,19H,16,18,20H2,1H3,(H,28,34)(H,30,33). The monoisotopic (exact) mass is 453 g/mol. The van der Waals surface area contributed by atoms with Gasteiger partial charge in [-0.3, -0.25) is 14.5 Å². The number of hydrogen-bond donors (Lipinski definition) is 2. The molecule has 0 saturated carbocycles. The van der Waals surface area contributed by atoms with Crippen molar-refractivity contribution < 1.29 is 9.59 Å². The van der Waals surface area contributed by atoms with Crippen molar-refractivity contribution >= 4 is 17.5 Å². The lowest BCUT2D eigenvalue weighted by Gasteiger charge is -2.16. The molecule has 3 aromatic carbocycles.